The van der Waals surface area contributed by atoms with Crippen LogP contribution in [0.3, 0.4) is 0 Å². The lowest BCUT2D eigenvalue weighted by Gasteiger charge is -2.39. The van der Waals surface area contributed by atoms with Crippen molar-refractivity contribution in [1.82, 2.24) is 10.2 Å². The van der Waals surface area contributed by atoms with Gasteiger partial charge >= 0.3 is 0 Å². The zero-order valence-corrected chi connectivity index (χ0v) is 13.8. The molecule has 1 saturated heterocycles. The topological polar surface area (TPSA) is 24.5 Å². The van der Waals surface area contributed by atoms with Gasteiger partial charge in [0, 0.05) is 38.8 Å². The zero-order valence-electron chi connectivity index (χ0n) is 13.8. The van der Waals surface area contributed by atoms with Crippen LogP contribution in [-0.4, -0.2) is 49.8 Å². The van der Waals surface area contributed by atoms with Crippen molar-refractivity contribution in [2.75, 3.05) is 32.8 Å². The minimum atomic E-state index is 0.440. The van der Waals surface area contributed by atoms with Crippen LogP contribution in [0.2, 0.25) is 0 Å². The average molecular weight is 282 g/mol. The number of likely N-dealkylation sites (tertiary alicyclic amines) is 1. The second-order valence-corrected chi connectivity index (χ2v) is 7.15. The fraction of sp³-hybridized carbons (Fsp3) is 1.00. The molecule has 118 valence electrons. The molecule has 0 spiro atoms. The molecule has 20 heavy (non-hydrogen) atoms. The third-order valence-corrected chi connectivity index (χ3v) is 4.79. The molecule has 1 unspecified atom stereocenters. The van der Waals surface area contributed by atoms with Gasteiger partial charge in [0.05, 0.1) is 6.10 Å². The van der Waals surface area contributed by atoms with Crippen LogP contribution in [0.15, 0.2) is 0 Å². The van der Waals surface area contributed by atoms with E-state index in [0.717, 1.165) is 12.6 Å². The molecule has 0 radical (unpaired) electrons. The molecule has 0 aromatic carbocycles. The predicted molar refractivity (Wildman–Crippen MR) is 85.1 cm³/mol. The van der Waals surface area contributed by atoms with Gasteiger partial charge in [0.15, 0.2) is 0 Å². The molecule has 1 saturated carbocycles. The SMILES string of the molecule is CCCC(C)(CNC1CC1)CN1CCC(OCC)CC1. The lowest BCUT2D eigenvalue weighted by molar-refractivity contribution is 0.00441. The molecule has 3 heteroatoms. The Hall–Kier alpha value is -0.120. The molecule has 1 N–H and O–H groups in total. The monoisotopic (exact) mass is 282 g/mol. The molecule has 0 amide bonds. The van der Waals surface area contributed by atoms with Crippen LogP contribution in [0, 0.1) is 5.41 Å². The molecule has 2 fully saturated rings. The fourth-order valence-electron chi connectivity index (χ4n) is 3.51. The van der Waals surface area contributed by atoms with Gasteiger partial charge in [0.1, 0.15) is 0 Å². The maximum absolute atomic E-state index is 5.76. The largest absolute Gasteiger partial charge is 0.378 e. The van der Waals surface area contributed by atoms with E-state index in [1.807, 2.05) is 0 Å². The number of hydrogen-bond acceptors (Lipinski definition) is 3. The molecule has 3 nitrogen and oxygen atoms in total. The molecule has 1 aliphatic carbocycles. The van der Waals surface area contributed by atoms with Gasteiger partial charge in [-0.05, 0) is 44.4 Å². The highest BCUT2D eigenvalue weighted by Crippen LogP contribution is 2.28. The summed E-state index contributed by atoms with van der Waals surface area (Å²) in [4.78, 5) is 2.67. The molecule has 0 aromatic rings. The van der Waals surface area contributed by atoms with Crippen LogP contribution >= 0.6 is 0 Å². The van der Waals surface area contributed by atoms with E-state index in [1.54, 1.807) is 0 Å². The van der Waals surface area contributed by atoms with E-state index in [2.05, 4.69) is 31.0 Å². The van der Waals surface area contributed by atoms with Crippen molar-refractivity contribution in [1.29, 1.82) is 0 Å². The van der Waals surface area contributed by atoms with Crippen LogP contribution in [0.25, 0.3) is 0 Å². The first-order chi connectivity index (χ1) is 9.65. The normalized spacial score (nSPS) is 24.8. The van der Waals surface area contributed by atoms with Crippen LogP contribution in [0.5, 0.6) is 0 Å². The zero-order chi connectivity index (χ0) is 14.4. The first kappa shape index (κ1) is 16.3. The highest BCUT2D eigenvalue weighted by atomic mass is 16.5. The molecular weight excluding hydrogens is 248 g/mol. The van der Waals surface area contributed by atoms with Gasteiger partial charge < -0.3 is 15.0 Å². The third-order valence-electron chi connectivity index (χ3n) is 4.79. The van der Waals surface area contributed by atoms with Crippen LogP contribution < -0.4 is 5.32 Å². The molecule has 2 aliphatic rings. The van der Waals surface area contributed by atoms with Crippen molar-refractivity contribution < 1.29 is 4.74 Å². The Kier molecular flexibility index (Phi) is 6.31. The van der Waals surface area contributed by atoms with Crippen molar-refractivity contribution in [3.63, 3.8) is 0 Å². The number of rotatable bonds is 9. The lowest BCUT2D eigenvalue weighted by atomic mass is 9.84. The quantitative estimate of drug-likeness (QED) is 0.703. The first-order valence-corrected chi connectivity index (χ1v) is 8.72. The Balaban J connectivity index is 1.75. The first-order valence-electron chi connectivity index (χ1n) is 8.72. The Morgan fingerprint density at radius 1 is 1.15 bits per heavy atom. The second-order valence-electron chi connectivity index (χ2n) is 7.15. The molecule has 2 rings (SSSR count). The van der Waals surface area contributed by atoms with Gasteiger partial charge in [-0.25, -0.2) is 0 Å². The Labute approximate surface area is 125 Å². The highest BCUT2D eigenvalue weighted by Gasteiger charge is 2.31. The molecule has 0 bridgehead atoms. The summed E-state index contributed by atoms with van der Waals surface area (Å²) in [5.41, 5.74) is 0.440. The van der Waals surface area contributed by atoms with E-state index in [-0.39, 0.29) is 0 Å². The Morgan fingerprint density at radius 2 is 1.85 bits per heavy atom. The highest BCUT2D eigenvalue weighted by molar-refractivity contribution is 4.88. The van der Waals surface area contributed by atoms with Gasteiger partial charge in [-0.2, -0.15) is 0 Å². The van der Waals surface area contributed by atoms with Crippen molar-refractivity contribution in [3.05, 3.63) is 0 Å². The van der Waals surface area contributed by atoms with E-state index >= 15 is 0 Å². The van der Waals surface area contributed by atoms with Crippen LogP contribution in [-0.2, 0) is 4.74 Å². The van der Waals surface area contributed by atoms with Gasteiger partial charge in [-0.3, -0.25) is 0 Å². The molecule has 1 aliphatic heterocycles. The molecule has 1 heterocycles. The average Bonchev–Trinajstić information content (AvgIpc) is 3.24. The minimum absolute atomic E-state index is 0.440. The maximum atomic E-state index is 5.76. The molecular formula is C17H34N2O. The van der Waals surface area contributed by atoms with Gasteiger partial charge in [0.2, 0.25) is 0 Å². The molecule has 0 aromatic heterocycles. The third kappa shape index (κ3) is 5.34. The number of hydrogen-bond donors (Lipinski definition) is 1. The van der Waals surface area contributed by atoms with Crippen LogP contribution in [0.1, 0.15) is 59.3 Å². The van der Waals surface area contributed by atoms with Gasteiger partial charge in [-0.15, -0.1) is 0 Å². The Morgan fingerprint density at radius 3 is 2.40 bits per heavy atom. The summed E-state index contributed by atoms with van der Waals surface area (Å²) in [5, 5.41) is 3.75. The summed E-state index contributed by atoms with van der Waals surface area (Å²) in [6, 6.07) is 0.829. The summed E-state index contributed by atoms with van der Waals surface area (Å²) in [7, 11) is 0. The number of nitrogens with zero attached hydrogens (tertiary/aromatic N) is 1. The summed E-state index contributed by atoms with van der Waals surface area (Å²) in [5.74, 6) is 0. The maximum Gasteiger partial charge on any atom is 0.0599 e. The van der Waals surface area contributed by atoms with E-state index in [0.29, 0.717) is 11.5 Å². The fourth-order valence-corrected chi connectivity index (χ4v) is 3.51. The summed E-state index contributed by atoms with van der Waals surface area (Å²) in [6.07, 6.45) is 8.34. The van der Waals surface area contributed by atoms with Gasteiger partial charge in [0.25, 0.3) is 0 Å². The van der Waals surface area contributed by atoms with Gasteiger partial charge in [-0.1, -0.05) is 20.3 Å². The van der Waals surface area contributed by atoms with Crippen molar-refractivity contribution >= 4 is 0 Å². The van der Waals surface area contributed by atoms with E-state index in [4.69, 9.17) is 4.74 Å². The summed E-state index contributed by atoms with van der Waals surface area (Å²) < 4.78 is 5.76. The number of ether oxygens (including phenoxy) is 1. The Bertz CT molecular complexity index is 272. The molecule has 1 atom stereocenters. The minimum Gasteiger partial charge on any atom is -0.378 e. The second kappa shape index (κ2) is 7.77. The van der Waals surface area contributed by atoms with E-state index < -0.39 is 0 Å². The number of piperidine rings is 1. The van der Waals surface area contributed by atoms with E-state index in [9.17, 15) is 0 Å². The standard InChI is InChI=1S/C17H34N2O/c1-4-10-17(3,13-18-15-6-7-15)14-19-11-8-16(9-12-19)20-5-2/h15-16,18H,4-14H2,1-3H3. The van der Waals surface area contributed by atoms with Crippen molar-refractivity contribution in [2.24, 2.45) is 5.41 Å². The van der Waals surface area contributed by atoms with E-state index in [1.165, 1.54) is 64.7 Å². The van der Waals surface area contributed by atoms with Crippen LogP contribution in [0.4, 0.5) is 0 Å². The lowest BCUT2D eigenvalue weighted by Crippen LogP contribution is -2.46. The summed E-state index contributed by atoms with van der Waals surface area (Å²) >= 11 is 0. The number of nitrogens with one attached hydrogen (secondary N) is 1. The predicted octanol–water partition coefficient (Wildman–Crippen LogP) is 3.05. The smallest absolute Gasteiger partial charge is 0.0599 e. The van der Waals surface area contributed by atoms with Crippen molar-refractivity contribution in [3.8, 4) is 0 Å². The van der Waals surface area contributed by atoms with Crippen molar-refractivity contribution in [2.45, 2.75) is 71.4 Å². The summed E-state index contributed by atoms with van der Waals surface area (Å²) in [6.45, 7) is 12.6.